The molecule has 5 nitrogen and oxygen atoms in total. The summed E-state index contributed by atoms with van der Waals surface area (Å²) < 4.78 is 1.79. The number of hydrogen-bond donors (Lipinski definition) is 1. The van der Waals surface area contributed by atoms with Crippen molar-refractivity contribution in [3.05, 3.63) is 11.9 Å². The van der Waals surface area contributed by atoms with Crippen molar-refractivity contribution < 1.29 is 0 Å². The van der Waals surface area contributed by atoms with Crippen LogP contribution in [-0.2, 0) is 13.1 Å². The molecule has 0 radical (unpaired) electrons. The van der Waals surface area contributed by atoms with Gasteiger partial charge in [0.2, 0.25) is 0 Å². The average Bonchev–Trinajstić information content (AvgIpc) is 2.66. The van der Waals surface area contributed by atoms with Gasteiger partial charge in [-0.15, -0.1) is 5.10 Å². The molecule has 92 valence electrons. The van der Waals surface area contributed by atoms with Gasteiger partial charge in [-0.25, -0.2) is 0 Å². The van der Waals surface area contributed by atoms with E-state index in [0.29, 0.717) is 6.54 Å². The molecule has 0 spiro atoms. The van der Waals surface area contributed by atoms with E-state index in [2.05, 4.69) is 43.0 Å². The van der Waals surface area contributed by atoms with E-state index >= 15 is 0 Å². The van der Waals surface area contributed by atoms with Gasteiger partial charge in [-0.05, 0) is 27.3 Å². The van der Waals surface area contributed by atoms with Crippen molar-refractivity contribution in [1.29, 1.82) is 0 Å². The second-order valence-electron chi connectivity index (χ2n) is 4.78. The molecule has 2 N–H and O–H groups in total. The number of hydrogen-bond acceptors (Lipinski definition) is 4. The summed E-state index contributed by atoms with van der Waals surface area (Å²) in [6.45, 7) is 8.81. The molecule has 1 aromatic heterocycles. The summed E-state index contributed by atoms with van der Waals surface area (Å²) in [5, 5.41) is 8.17. The number of nitrogens with zero attached hydrogens (tertiary/aromatic N) is 4. The van der Waals surface area contributed by atoms with E-state index in [1.807, 2.05) is 6.20 Å². The summed E-state index contributed by atoms with van der Waals surface area (Å²) in [7, 11) is 2.12. The van der Waals surface area contributed by atoms with Crippen LogP contribution in [0.25, 0.3) is 0 Å². The highest BCUT2D eigenvalue weighted by Crippen LogP contribution is 2.18. The van der Waals surface area contributed by atoms with E-state index in [1.165, 1.54) is 0 Å². The molecular weight excluding hydrogens is 202 g/mol. The molecule has 0 aliphatic heterocycles. The van der Waals surface area contributed by atoms with Crippen molar-refractivity contribution in [2.24, 2.45) is 5.73 Å². The van der Waals surface area contributed by atoms with Gasteiger partial charge in [-0.3, -0.25) is 9.58 Å². The van der Waals surface area contributed by atoms with Gasteiger partial charge in [0.25, 0.3) is 0 Å². The SMILES string of the molecule is CCC(C)(C)N(C)Cc1cn(CCN)nn1. The Morgan fingerprint density at radius 2 is 2.19 bits per heavy atom. The smallest absolute Gasteiger partial charge is 0.0967 e. The molecule has 0 saturated carbocycles. The molecule has 0 fully saturated rings. The van der Waals surface area contributed by atoms with Gasteiger partial charge in [-0.1, -0.05) is 12.1 Å². The van der Waals surface area contributed by atoms with E-state index in [0.717, 1.165) is 25.2 Å². The molecule has 1 aromatic rings. The Morgan fingerprint density at radius 3 is 2.75 bits per heavy atom. The van der Waals surface area contributed by atoms with E-state index < -0.39 is 0 Å². The van der Waals surface area contributed by atoms with Crippen LogP contribution in [0.5, 0.6) is 0 Å². The number of rotatable bonds is 6. The van der Waals surface area contributed by atoms with Gasteiger partial charge in [0.15, 0.2) is 0 Å². The molecule has 16 heavy (non-hydrogen) atoms. The Bertz CT molecular complexity index is 318. The quantitative estimate of drug-likeness (QED) is 0.780. The topological polar surface area (TPSA) is 60.0 Å². The van der Waals surface area contributed by atoms with Crippen LogP contribution in [0, 0.1) is 0 Å². The van der Waals surface area contributed by atoms with Crippen molar-refractivity contribution in [3.8, 4) is 0 Å². The monoisotopic (exact) mass is 225 g/mol. The highest BCUT2D eigenvalue weighted by Gasteiger charge is 2.21. The molecule has 0 aliphatic carbocycles. The minimum atomic E-state index is 0.192. The Kier molecular flexibility index (Phi) is 4.44. The first-order chi connectivity index (χ1) is 7.49. The van der Waals surface area contributed by atoms with E-state index in [1.54, 1.807) is 4.68 Å². The van der Waals surface area contributed by atoms with Crippen LogP contribution in [-0.4, -0.2) is 39.0 Å². The van der Waals surface area contributed by atoms with Crippen LogP contribution >= 0.6 is 0 Å². The molecule has 1 rings (SSSR count). The zero-order valence-corrected chi connectivity index (χ0v) is 10.8. The predicted molar refractivity (Wildman–Crippen MR) is 64.9 cm³/mol. The lowest BCUT2D eigenvalue weighted by Gasteiger charge is -2.34. The van der Waals surface area contributed by atoms with Gasteiger partial charge in [-0.2, -0.15) is 0 Å². The minimum Gasteiger partial charge on any atom is -0.329 e. The molecule has 0 atom stereocenters. The molecule has 1 heterocycles. The van der Waals surface area contributed by atoms with Gasteiger partial charge < -0.3 is 5.73 Å². The molecule has 0 unspecified atom stereocenters. The van der Waals surface area contributed by atoms with Crippen molar-refractivity contribution in [1.82, 2.24) is 19.9 Å². The van der Waals surface area contributed by atoms with Crippen molar-refractivity contribution >= 4 is 0 Å². The lowest BCUT2D eigenvalue weighted by Crippen LogP contribution is -2.39. The second-order valence-corrected chi connectivity index (χ2v) is 4.78. The van der Waals surface area contributed by atoms with Crippen molar-refractivity contribution in [3.63, 3.8) is 0 Å². The molecule has 0 aliphatic rings. The van der Waals surface area contributed by atoms with Crippen molar-refractivity contribution in [2.45, 2.75) is 45.8 Å². The summed E-state index contributed by atoms with van der Waals surface area (Å²) >= 11 is 0. The van der Waals surface area contributed by atoms with Crippen LogP contribution in [0.2, 0.25) is 0 Å². The van der Waals surface area contributed by atoms with Crippen LogP contribution in [0.4, 0.5) is 0 Å². The Morgan fingerprint density at radius 1 is 1.50 bits per heavy atom. The van der Waals surface area contributed by atoms with Crippen LogP contribution in [0.3, 0.4) is 0 Å². The maximum Gasteiger partial charge on any atom is 0.0967 e. The number of aromatic nitrogens is 3. The number of nitrogens with two attached hydrogens (primary N) is 1. The molecular formula is C11H23N5. The molecule has 5 heteroatoms. The Balaban J connectivity index is 2.59. The summed E-state index contributed by atoms with van der Waals surface area (Å²) in [5.41, 5.74) is 6.65. The van der Waals surface area contributed by atoms with E-state index in [9.17, 15) is 0 Å². The van der Waals surface area contributed by atoms with E-state index in [4.69, 9.17) is 5.73 Å². The normalized spacial score (nSPS) is 12.4. The fourth-order valence-electron chi connectivity index (χ4n) is 1.38. The maximum atomic E-state index is 5.46. The lowest BCUT2D eigenvalue weighted by molar-refractivity contribution is 0.141. The lowest BCUT2D eigenvalue weighted by atomic mass is 10.00. The molecule has 0 aromatic carbocycles. The Hall–Kier alpha value is -0.940. The van der Waals surface area contributed by atoms with Crippen LogP contribution in [0.15, 0.2) is 6.20 Å². The maximum absolute atomic E-state index is 5.46. The third-order valence-corrected chi connectivity index (χ3v) is 3.24. The average molecular weight is 225 g/mol. The highest BCUT2D eigenvalue weighted by atomic mass is 15.4. The second kappa shape index (κ2) is 5.41. The standard InChI is InChI=1S/C11H23N5/c1-5-11(2,3)15(4)8-10-9-16(7-6-12)14-13-10/h9H,5-8,12H2,1-4H3. The van der Waals surface area contributed by atoms with Gasteiger partial charge in [0.1, 0.15) is 0 Å². The third kappa shape index (κ3) is 3.28. The first kappa shape index (κ1) is 13.1. The van der Waals surface area contributed by atoms with Crippen LogP contribution < -0.4 is 5.73 Å². The third-order valence-electron chi connectivity index (χ3n) is 3.24. The first-order valence-corrected chi connectivity index (χ1v) is 5.80. The fourth-order valence-corrected chi connectivity index (χ4v) is 1.38. The molecule has 0 bridgehead atoms. The van der Waals surface area contributed by atoms with Crippen LogP contribution in [0.1, 0.15) is 32.9 Å². The summed E-state index contributed by atoms with van der Waals surface area (Å²) in [4.78, 5) is 2.30. The van der Waals surface area contributed by atoms with Gasteiger partial charge >= 0.3 is 0 Å². The first-order valence-electron chi connectivity index (χ1n) is 5.80. The van der Waals surface area contributed by atoms with Crippen molar-refractivity contribution in [2.75, 3.05) is 13.6 Å². The highest BCUT2D eigenvalue weighted by molar-refractivity contribution is 4.94. The predicted octanol–water partition coefficient (Wildman–Crippen LogP) is 0.857. The van der Waals surface area contributed by atoms with E-state index in [-0.39, 0.29) is 5.54 Å². The fraction of sp³-hybridized carbons (Fsp3) is 0.818. The zero-order valence-electron chi connectivity index (χ0n) is 10.8. The summed E-state index contributed by atoms with van der Waals surface area (Å²) in [6, 6.07) is 0. The minimum absolute atomic E-state index is 0.192. The zero-order chi connectivity index (χ0) is 12.2. The summed E-state index contributed by atoms with van der Waals surface area (Å²) in [5.74, 6) is 0. The Labute approximate surface area is 97.6 Å². The summed E-state index contributed by atoms with van der Waals surface area (Å²) in [6.07, 6.45) is 3.08. The molecule has 0 saturated heterocycles. The molecule has 0 amide bonds. The largest absolute Gasteiger partial charge is 0.329 e. The van der Waals surface area contributed by atoms with Gasteiger partial charge in [0, 0.05) is 24.8 Å². The van der Waals surface area contributed by atoms with Gasteiger partial charge in [0.05, 0.1) is 12.2 Å².